The van der Waals surface area contributed by atoms with Crippen LogP contribution in [-0.4, -0.2) is 18.6 Å². The van der Waals surface area contributed by atoms with Gasteiger partial charge >= 0.3 is 0 Å². The summed E-state index contributed by atoms with van der Waals surface area (Å²) in [7, 11) is 1.85. The Kier molecular flexibility index (Phi) is 14.5. The van der Waals surface area contributed by atoms with E-state index in [1.807, 2.05) is 31.3 Å². The number of hydrogen-bond acceptors (Lipinski definition) is 3. The molecule has 0 heterocycles. The van der Waals surface area contributed by atoms with Gasteiger partial charge in [0.05, 0.1) is 0 Å². The number of anilines is 1. The molecule has 0 radical (unpaired) electrons. The lowest BCUT2D eigenvalue weighted by Crippen LogP contribution is -2.04. The quantitative estimate of drug-likeness (QED) is 0.125. The zero-order valence-electron chi connectivity index (χ0n) is 22.0. The zero-order valence-corrected chi connectivity index (χ0v) is 22.0. The van der Waals surface area contributed by atoms with Crippen LogP contribution in [0.5, 0.6) is 0 Å². The molecule has 2 rings (SSSR count). The van der Waals surface area contributed by atoms with Gasteiger partial charge in [0.1, 0.15) is 0 Å². The van der Waals surface area contributed by atoms with E-state index >= 15 is 0 Å². The van der Waals surface area contributed by atoms with Crippen molar-refractivity contribution in [3.05, 3.63) is 77.4 Å². The van der Waals surface area contributed by atoms with Crippen LogP contribution in [-0.2, 0) is 0 Å². The zero-order chi connectivity index (χ0) is 25.1. The molecule has 0 unspecified atom stereocenters. The molecule has 0 saturated heterocycles. The second-order valence-corrected chi connectivity index (χ2v) is 9.49. The van der Waals surface area contributed by atoms with Crippen molar-refractivity contribution < 1.29 is 9.59 Å². The standard InChI is InChI=1S/C32H45NO2/c1-3-4-5-6-7-8-9-10-11-12-13-14-15-16-17-18-31(34)27-19-21-28(22-20-27)32(35)29-23-25-30(33-2)26-24-29/h10-11,19-26,33H,3-9,12-18H2,1-2H3/b11-10-. The monoisotopic (exact) mass is 475 g/mol. The molecule has 0 aliphatic heterocycles. The number of nitrogens with one attached hydrogen (secondary N) is 1. The van der Waals surface area contributed by atoms with E-state index in [9.17, 15) is 9.59 Å². The van der Waals surface area contributed by atoms with Crippen molar-refractivity contribution in [1.29, 1.82) is 0 Å². The van der Waals surface area contributed by atoms with Gasteiger partial charge in [-0.05, 0) is 56.4 Å². The van der Waals surface area contributed by atoms with Crippen molar-refractivity contribution in [1.82, 2.24) is 0 Å². The first-order chi connectivity index (χ1) is 17.2. The van der Waals surface area contributed by atoms with E-state index in [1.54, 1.807) is 24.3 Å². The van der Waals surface area contributed by atoms with Crippen LogP contribution >= 0.6 is 0 Å². The second-order valence-electron chi connectivity index (χ2n) is 9.49. The van der Waals surface area contributed by atoms with E-state index in [-0.39, 0.29) is 11.6 Å². The minimum atomic E-state index is -0.0242. The van der Waals surface area contributed by atoms with Gasteiger partial charge in [-0.25, -0.2) is 0 Å². The van der Waals surface area contributed by atoms with Gasteiger partial charge < -0.3 is 5.32 Å². The Labute approximate surface area is 213 Å². The summed E-state index contributed by atoms with van der Waals surface area (Å²) < 4.78 is 0. The predicted molar refractivity (Wildman–Crippen MR) is 150 cm³/mol. The topological polar surface area (TPSA) is 46.2 Å². The van der Waals surface area contributed by atoms with Crippen molar-refractivity contribution in [2.45, 2.75) is 96.8 Å². The molecule has 0 aromatic heterocycles. The van der Waals surface area contributed by atoms with Crippen LogP contribution < -0.4 is 5.32 Å². The number of carbonyl (C=O) groups is 2. The molecule has 0 fully saturated rings. The minimum absolute atomic E-state index is 0.0242. The molecule has 0 aliphatic rings. The summed E-state index contributed by atoms with van der Waals surface area (Å²) in [6.45, 7) is 2.26. The summed E-state index contributed by atoms with van der Waals surface area (Å²) in [5, 5.41) is 3.05. The Bertz CT molecular complexity index is 881. The number of ketones is 2. The summed E-state index contributed by atoms with van der Waals surface area (Å²) in [6.07, 6.45) is 21.6. The molecule has 0 bridgehead atoms. The maximum atomic E-state index is 12.6. The Morgan fingerprint density at radius 1 is 0.629 bits per heavy atom. The van der Waals surface area contributed by atoms with Gasteiger partial charge in [-0.2, -0.15) is 0 Å². The first kappa shape index (κ1) is 28.6. The fourth-order valence-electron chi connectivity index (χ4n) is 4.26. The number of unbranched alkanes of at least 4 members (excludes halogenated alkanes) is 11. The molecule has 0 atom stereocenters. The Morgan fingerprint density at radius 2 is 1.09 bits per heavy atom. The lowest BCUT2D eigenvalue weighted by Gasteiger charge is -2.05. The average Bonchev–Trinajstić information content (AvgIpc) is 2.90. The van der Waals surface area contributed by atoms with Gasteiger partial charge in [0.2, 0.25) is 0 Å². The summed E-state index contributed by atoms with van der Waals surface area (Å²) in [4.78, 5) is 25.1. The molecular formula is C32H45NO2. The smallest absolute Gasteiger partial charge is 0.193 e. The molecule has 3 nitrogen and oxygen atoms in total. The predicted octanol–water partition coefficient (Wildman–Crippen LogP) is 9.18. The van der Waals surface area contributed by atoms with Crippen LogP contribution in [0.4, 0.5) is 5.69 Å². The van der Waals surface area contributed by atoms with Crippen molar-refractivity contribution in [3.63, 3.8) is 0 Å². The van der Waals surface area contributed by atoms with Gasteiger partial charge in [0.25, 0.3) is 0 Å². The number of benzene rings is 2. The highest BCUT2D eigenvalue weighted by molar-refractivity contribution is 6.09. The largest absolute Gasteiger partial charge is 0.388 e. The third-order valence-corrected chi connectivity index (χ3v) is 6.57. The fourth-order valence-corrected chi connectivity index (χ4v) is 4.26. The summed E-state index contributed by atoms with van der Waals surface area (Å²) in [6, 6.07) is 14.5. The Hall–Kier alpha value is -2.68. The molecule has 1 N–H and O–H groups in total. The van der Waals surface area contributed by atoms with Crippen LogP contribution in [0.1, 0.15) is 123 Å². The third kappa shape index (κ3) is 11.5. The van der Waals surface area contributed by atoms with Gasteiger partial charge in [-0.3, -0.25) is 9.59 Å². The minimum Gasteiger partial charge on any atom is -0.388 e. The van der Waals surface area contributed by atoms with E-state index in [0.717, 1.165) is 18.5 Å². The van der Waals surface area contributed by atoms with Crippen LogP contribution in [0, 0.1) is 0 Å². The average molecular weight is 476 g/mol. The summed E-state index contributed by atoms with van der Waals surface area (Å²) in [5.41, 5.74) is 2.93. The molecule has 190 valence electrons. The third-order valence-electron chi connectivity index (χ3n) is 6.57. The highest BCUT2D eigenvalue weighted by atomic mass is 16.1. The number of rotatable bonds is 19. The van der Waals surface area contributed by atoms with Gasteiger partial charge in [0.15, 0.2) is 11.6 Å². The van der Waals surface area contributed by atoms with Crippen LogP contribution in [0.15, 0.2) is 60.7 Å². The van der Waals surface area contributed by atoms with E-state index in [0.29, 0.717) is 23.1 Å². The molecular weight excluding hydrogens is 430 g/mol. The number of hydrogen-bond donors (Lipinski definition) is 1. The first-order valence-corrected chi connectivity index (χ1v) is 13.8. The van der Waals surface area contributed by atoms with Crippen LogP contribution in [0.25, 0.3) is 0 Å². The molecule has 2 aromatic rings. The van der Waals surface area contributed by atoms with Crippen molar-refractivity contribution in [2.75, 3.05) is 12.4 Å². The normalized spacial score (nSPS) is 11.1. The molecule has 3 heteroatoms. The highest BCUT2D eigenvalue weighted by Crippen LogP contribution is 2.16. The van der Waals surface area contributed by atoms with E-state index in [1.165, 1.54) is 70.6 Å². The molecule has 0 amide bonds. The Balaban J connectivity index is 1.55. The molecule has 2 aromatic carbocycles. The maximum absolute atomic E-state index is 12.6. The van der Waals surface area contributed by atoms with Gasteiger partial charge in [-0.1, -0.05) is 94.7 Å². The maximum Gasteiger partial charge on any atom is 0.193 e. The van der Waals surface area contributed by atoms with Crippen molar-refractivity contribution >= 4 is 17.3 Å². The van der Waals surface area contributed by atoms with Gasteiger partial charge in [0, 0.05) is 35.8 Å². The number of allylic oxidation sites excluding steroid dienone is 2. The summed E-state index contributed by atoms with van der Waals surface area (Å²) >= 11 is 0. The van der Waals surface area contributed by atoms with Crippen molar-refractivity contribution in [2.24, 2.45) is 0 Å². The van der Waals surface area contributed by atoms with E-state index in [2.05, 4.69) is 24.4 Å². The molecule has 35 heavy (non-hydrogen) atoms. The Morgan fingerprint density at radius 3 is 1.63 bits per heavy atom. The van der Waals surface area contributed by atoms with Gasteiger partial charge in [-0.15, -0.1) is 0 Å². The number of carbonyl (C=O) groups excluding carboxylic acids is 2. The number of Topliss-reactive ketones (excluding diaryl/α,β-unsaturated/α-hetero) is 1. The highest BCUT2D eigenvalue weighted by Gasteiger charge is 2.11. The lowest BCUT2D eigenvalue weighted by atomic mass is 9.99. The fraction of sp³-hybridized carbons (Fsp3) is 0.500. The van der Waals surface area contributed by atoms with Crippen molar-refractivity contribution in [3.8, 4) is 0 Å². The molecule has 0 saturated carbocycles. The van der Waals surface area contributed by atoms with E-state index in [4.69, 9.17) is 0 Å². The van der Waals surface area contributed by atoms with Crippen LogP contribution in [0.3, 0.4) is 0 Å². The molecule has 0 spiro atoms. The first-order valence-electron chi connectivity index (χ1n) is 13.8. The lowest BCUT2D eigenvalue weighted by molar-refractivity contribution is 0.0977. The van der Waals surface area contributed by atoms with E-state index < -0.39 is 0 Å². The van der Waals surface area contributed by atoms with Crippen LogP contribution in [0.2, 0.25) is 0 Å². The second kappa shape index (κ2) is 17.7. The summed E-state index contributed by atoms with van der Waals surface area (Å²) in [5.74, 6) is 0.143. The SMILES string of the molecule is CCCCCCCC/C=C\CCCCCCCC(=O)c1ccc(C(=O)c2ccc(NC)cc2)cc1. The molecule has 0 aliphatic carbocycles.